The minimum atomic E-state index is -0.0953. The maximum Gasteiger partial charge on any atom is 0.234 e. The third-order valence-corrected chi connectivity index (χ3v) is 8.15. The molecule has 5 nitrogen and oxygen atoms in total. The lowest BCUT2D eigenvalue weighted by atomic mass is 9.48. The van der Waals surface area contributed by atoms with Crippen LogP contribution in [0.3, 0.4) is 0 Å². The number of methoxy groups -OCH3 is 1. The number of anilines is 1. The van der Waals surface area contributed by atoms with Crippen molar-refractivity contribution in [3.8, 4) is 5.75 Å². The zero-order chi connectivity index (χ0) is 20.4. The van der Waals surface area contributed by atoms with Gasteiger partial charge in [-0.2, -0.15) is 0 Å². The van der Waals surface area contributed by atoms with Gasteiger partial charge in [-0.05, 0) is 92.9 Å². The Morgan fingerprint density at radius 3 is 2.14 bits per heavy atom. The van der Waals surface area contributed by atoms with E-state index in [1.807, 2.05) is 12.1 Å². The first-order chi connectivity index (χ1) is 14.0. The molecule has 4 aliphatic carbocycles. The van der Waals surface area contributed by atoms with Crippen LogP contribution in [0.2, 0.25) is 0 Å². The van der Waals surface area contributed by atoms with E-state index in [0.29, 0.717) is 11.2 Å². The summed E-state index contributed by atoms with van der Waals surface area (Å²) in [5.41, 5.74) is 1.05. The molecule has 2 N–H and O–H groups in total. The summed E-state index contributed by atoms with van der Waals surface area (Å²) in [4.78, 5) is 24.6. The summed E-state index contributed by atoms with van der Waals surface area (Å²) in [5.74, 6) is 3.96. The molecule has 5 rings (SSSR count). The number of thioether (sulfide) groups is 1. The Morgan fingerprint density at radius 2 is 1.59 bits per heavy atom. The third kappa shape index (κ3) is 4.73. The molecule has 4 bridgehead atoms. The summed E-state index contributed by atoms with van der Waals surface area (Å²) >= 11 is 1.37. The molecular formula is C23H32N2O3S. The highest BCUT2D eigenvalue weighted by Gasteiger charge is 2.53. The molecule has 4 aliphatic rings. The molecule has 0 aromatic heterocycles. The van der Waals surface area contributed by atoms with Crippen LogP contribution in [-0.2, 0) is 9.59 Å². The monoisotopic (exact) mass is 416 g/mol. The molecule has 158 valence electrons. The molecule has 4 saturated carbocycles. The zero-order valence-electron chi connectivity index (χ0n) is 17.4. The van der Waals surface area contributed by atoms with Gasteiger partial charge in [-0.25, -0.2) is 0 Å². The van der Waals surface area contributed by atoms with E-state index in [1.165, 1.54) is 50.3 Å². The van der Waals surface area contributed by atoms with E-state index in [9.17, 15) is 9.59 Å². The molecule has 0 aliphatic heterocycles. The Balaban J connectivity index is 1.19. The molecular weight excluding hydrogens is 384 g/mol. The first-order valence-corrected chi connectivity index (χ1v) is 11.9. The minimum Gasteiger partial charge on any atom is -0.497 e. The van der Waals surface area contributed by atoms with Crippen LogP contribution in [0.15, 0.2) is 24.3 Å². The van der Waals surface area contributed by atoms with Gasteiger partial charge in [0.15, 0.2) is 0 Å². The summed E-state index contributed by atoms with van der Waals surface area (Å²) < 4.78 is 5.11. The van der Waals surface area contributed by atoms with Crippen LogP contribution in [0.1, 0.15) is 45.4 Å². The second kappa shape index (κ2) is 8.58. The average molecular weight is 417 g/mol. The fourth-order valence-corrected chi connectivity index (χ4v) is 6.88. The van der Waals surface area contributed by atoms with Crippen LogP contribution < -0.4 is 15.4 Å². The Labute approximate surface area is 177 Å². The maximum absolute atomic E-state index is 12.5. The van der Waals surface area contributed by atoms with Gasteiger partial charge in [0.2, 0.25) is 11.8 Å². The van der Waals surface area contributed by atoms with E-state index in [-0.39, 0.29) is 23.6 Å². The highest BCUT2D eigenvalue weighted by atomic mass is 32.2. The lowest BCUT2D eigenvalue weighted by Crippen LogP contribution is -2.56. The highest BCUT2D eigenvalue weighted by molar-refractivity contribution is 8.00. The van der Waals surface area contributed by atoms with Gasteiger partial charge in [-0.15, -0.1) is 11.8 Å². The van der Waals surface area contributed by atoms with Crippen molar-refractivity contribution >= 4 is 29.3 Å². The SMILES string of the molecule is COc1ccc(NC(=O)CSCC(=O)N[C@H](C)C23CC4CC(CC(C4)C2)C3)cc1. The highest BCUT2D eigenvalue weighted by Crippen LogP contribution is 2.61. The predicted octanol–water partition coefficient (Wildman–Crippen LogP) is 4.09. The van der Waals surface area contributed by atoms with Crippen LogP contribution in [0.25, 0.3) is 0 Å². The molecule has 1 aromatic rings. The van der Waals surface area contributed by atoms with E-state index in [2.05, 4.69) is 17.6 Å². The van der Waals surface area contributed by atoms with Gasteiger partial charge in [-0.1, -0.05) is 0 Å². The lowest BCUT2D eigenvalue weighted by molar-refractivity contribution is -0.123. The normalized spacial score (nSPS) is 30.6. The van der Waals surface area contributed by atoms with Gasteiger partial charge in [0.25, 0.3) is 0 Å². The molecule has 0 unspecified atom stereocenters. The van der Waals surface area contributed by atoms with Crippen molar-refractivity contribution in [3.05, 3.63) is 24.3 Å². The Hall–Kier alpha value is -1.69. The number of hydrogen-bond acceptors (Lipinski definition) is 4. The summed E-state index contributed by atoms with van der Waals surface area (Å²) in [7, 11) is 1.61. The van der Waals surface area contributed by atoms with Crippen LogP contribution in [-0.4, -0.2) is 36.5 Å². The summed E-state index contributed by atoms with van der Waals surface area (Å²) in [6.07, 6.45) is 8.12. The number of rotatable bonds is 8. The molecule has 2 amide bonds. The minimum absolute atomic E-state index is 0.0514. The van der Waals surface area contributed by atoms with Gasteiger partial charge in [-0.3, -0.25) is 9.59 Å². The largest absolute Gasteiger partial charge is 0.497 e. The van der Waals surface area contributed by atoms with E-state index in [4.69, 9.17) is 4.74 Å². The zero-order valence-corrected chi connectivity index (χ0v) is 18.2. The molecule has 0 spiro atoms. The van der Waals surface area contributed by atoms with Gasteiger partial charge in [0, 0.05) is 11.7 Å². The van der Waals surface area contributed by atoms with Crippen LogP contribution in [0.4, 0.5) is 5.69 Å². The van der Waals surface area contributed by atoms with Crippen molar-refractivity contribution in [2.45, 2.75) is 51.5 Å². The molecule has 0 saturated heterocycles. The van der Waals surface area contributed by atoms with Crippen LogP contribution >= 0.6 is 11.8 Å². The van der Waals surface area contributed by atoms with Crippen molar-refractivity contribution in [3.63, 3.8) is 0 Å². The van der Waals surface area contributed by atoms with E-state index >= 15 is 0 Å². The van der Waals surface area contributed by atoms with Crippen molar-refractivity contribution in [1.82, 2.24) is 5.32 Å². The average Bonchev–Trinajstić information content (AvgIpc) is 2.67. The first-order valence-electron chi connectivity index (χ1n) is 10.8. The van der Waals surface area contributed by atoms with E-state index in [1.54, 1.807) is 19.2 Å². The van der Waals surface area contributed by atoms with Crippen molar-refractivity contribution in [2.24, 2.45) is 23.2 Å². The quantitative estimate of drug-likeness (QED) is 0.670. The molecule has 4 fully saturated rings. The second-order valence-electron chi connectivity index (χ2n) is 9.34. The number of benzene rings is 1. The number of nitrogens with one attached hydrogen (secondary N) is 2. The molecule has 0 heterocycles. The fourth-order valence-electron chi connectivity index (χ4n) is 6.25. The standard InChI is InChI=1S/C23H32N2O3S/c1-15(23-10-16-7-17(11-23)9-18(8-16)12-23)24-21(26)13-29-14-22(27)25-19-3-5-20(28-2)6-4-19/h3-6,15-18H,7-14H2,1-2H3,(H,24,26)(H,25,27)/t15-,16?,17?,18?,23?/m1/s1. The van der Waals surface area contributed by atoms with E-state index < -0.39 is 0 Å². The molecule has 1 atom stereocenters. The summed E-state index contributed by atoms with van der Waals surface area (Å²) in [5, 5.41) is 6.12. The number of carbonyl (C=O) groups excluding carboxylic acids is 2. The molecule has 6 heteroatoms. The van der Waals surface area contributed by atoms with Crippen molar-refractivity contribution < 1.29 is 14.3 Å². The molecule has 29 heavy (non-hydrogen) atoms. The lowest BCUT2D eigenvalue weighted by Gasteiger charge is -2.59. The number of carbonyl (C=O) groups is 2. The van der Waals surface area contributed by atoms with E-state index in [0.717, 1.165) is 29.2 Å². The Bertz CT molecular complexity index is 714. The Kier molecular flexibility index (Phi) is 6.09. The number of ether oxygens (including phenoxy) is 1. The van der Waals surface area contributed by atoms with Gasteiger partial charge in [0.05, 0.1) is 18.6 Å². The molecule has 0 radical (unpaired) electrons. The van der Waals surface area contributed by atoms with Crippen LogP contribution in [0, 0.1) is 23.2 Å². The van der Waals surface area contributed by atoms with Gasteiger partial charge >= 0.3 is 0 Å². The van der Waals surface area contributed by atoms with Gasteiger partial charge in [0.1, 0.15) is 5.75 Å². The predicted molar refractivity (Wildman–Crippen MR) is 117 cm³/mol. The summed E-state index contributed by atoms with van der Waals surface area (Å²) in [6.45, 7) is 2.20. The maximum atomic E-state index is 12.5. The van der Waals surface area contributed by atoms with Crippen molar-refractivity contribution in [2.75, 3.05) is 23.9 Å². The fraction of sp³-hybridized carbons (Fsp3) is 0.652. The van der Waals surface area contributed by atoms with Gasteiger partial charge < -0.3 is 15.4 Å². The Morgan fingerprint density at radius 1 is 1.03 bits per heavy atom. The number of amides is 2. The third-order valence-electron chi connectivity index (χ3n) is 7.22. The number of hydrogen-bond donors (Lipinski definition) is 2. The van der Waals surface area contributed by atoms with Crippen LogP contribution in [0.5, 0.6) is 5.75 Å². The van der Waals surface area contributed by atoms with Crippen molar-refractivity contribution in [1.29, 1.82) is 0 Å². The first kappa shape index (κ1) is 20.6. The second-order valence-corrected chi connectivity index (χ2v) is 10.3. The smallest absolute Gasteiger partial charge is 0.234 e. The summed E-state index contributed by atoms with van der Waals surface area (Å²) in [6, 6.07) is 7.46. The molecule has 1 aromatic carbocycles. The topological polar surface area (TPSA) is 67.4 Å².